The predicted octanol–water partition coefficient (Wildman–Crippen LogP) is 7.92. The van der Waals surface area contributed by atoms with Crippen LogP contribution in [-0.4, -0.2) is 6.54 Å². The van der Waals surface area contributed by atoms with Gasteiger partial charge in [0.2, 0.25) is 0 Å². The molecule has 0 saturated carbocycles. The Morgan fingerprint density at radius 2 is 1.65 bits per heavy atom. The minimum Gasteiger partial charge on any atom is -0.453 e. The van der Waals surface area contributed by atoms with E-state index in [9.17, 15) is 0 Å². The lowest BCUT2D eigenvalue weighted by atomic mass is 10.00. The van der Waals surface area contributed by atoms with Gasteiger partial charge in [0.05, 0.1) is 11.4 Å². The van der Waals surface area contributed by atoms with E-state index in [1.165, 1.54) is 5.56 Å². The van der Waals surface area contributed by atoms with Crippen molar-refractivity contribution in [2.75, 3.05) is 11.4 Å². The largest absolute Gasteiger partial charge is 0.453 e. The Kier molecular flexibility index (Phi) is 5.05. The van der Waals surface area contributed by atoms with Crippen LogP contribution in [0.3, 0.4) is 0 Å². The van der Waals surface area contributed by atoms with Crippen LogP contribution in [0, 0.1) is 0 Å². The third kappa shape index (κ3) is 3.06. The molecule has 0 atom stereocenters. The van der Waals surface area contributed by atoms with Gasteiger partial charge < -0.3 is 9.64 Å². The van der Waals surface area contributed by atoms with Crippen LogP contribution in [0.1, 0.15) is 19.8 Å². The lowest BCUT2D eigenvalue weighted by Crippen LogP contribution is -2.23. The Hall–Kier alpha value is -1.78. The second-order valence-corrected chi connectivity index (χ2v) is 7.98. The maximum Gasteiger partial charge on any atom is 0.153 e. The molecule has 3 aromatic carbocycles. The summed E-state index contributed by atoms with van der Waals surface area (Å²) in [5.74, 6) is 1.79. The summed E-state index contributed by atoms with van der Waals surface area (Å²) < 4.78 is 8.33. The molecule has 2 nitrogen and oxygen atoms in total. The molecule has 0 aromatic heterocycles. The highest BCUT2D eigenvalue weighted by atomic mass is 79.9. The number of hydrogen-bond donors (Lipinski definition) is 0. The minimum absolute atomic E-state index is 0.883. The van der Waals surface area contributed by atoms with E-state index in [1.807, 2.05) is 18.2 Å². The van der Waals surface area contributed by atoms with Crippen molar-refractivity contribution in [3.63, 3.8) is 0 Å². The molecule has 1 aliphatic rings. The molecule has 1 heterocycles. The number of unbranched alkanes of at least 4 members (excludes halogenated alkanes) is 1. The first-order valence-corrected chi connectivity index (χ1v) is 10.4. The third-order valence-electron chi connectivity index (χ3n) is 4.60. The first-order valence-electron chi connectivity index (χ1n) is 8.82. The van der Waals surface area contributed by atoms with E-state index in [0.29, 0.717) is 0 Å². The van der Waals surface area contributed by atoms with Gasteiger partial charge in [0, 0.05) is 21.1 Å². The highest BCUT2D eigenvalue weighted by Gasteiger charge is 2.29. The van der Waals surface area contributed by atoms with Gasteiger partial charge >= 0.3 is 0 Å². The van der Waals surface area contributed by atoms with Crippen LogP contribution in [0.4, 0.5) is 11.4 Å². The molecule has 0 radical (unpaired) electrons. The van der Waals surface area contributed by atoms with Gasteiger partial charge in [0.15, 0.2) is 11.5 Å². The molecule has 0 unspecified atom stereocenters. The Morgan fingerprint density at radius 3 is 2.42 bits per heavy atom. The number of ether oxygens (including phenoxy) is 1. The van der Waals surface area contributed by atoms with Crippen molar-refractivity contribution in [1.82, 2.24) is 0 Å². The maximum absolute atomic E-state index is 6.29. The van der Waals surface area contributed by atoms with Gasteiger partial charge in [-0.15, -0.1) is 0 Å². The predicted molar refractivity (Wildman–Crippen MR) is 116 cm³/mol. The van der Waals surface area contributed by atoms with Gasteiger partial charge in [-0.1, -0.05) is 55.8 Å². The van der Waals surface area contributed by atoms with Crippen molar-refractivity contribution in [3.05, 3.63) is 69.6 Å². The topological polar surface area (TPSA) is 12.5 Å². The average Bonchev–Trinajstić information content (AvgIpc) is 2.67. The van der Waals surface area contributed by atoms with Gasteiger partial charge in [-0.2, -0.15) is 0 Å². The molecule has 0 aliphatic carbocycles. The number of benzene rings is 3. The van der Waals surface area contributed by atoms with Crippen LogP contribution in [0.25, 0.3) is 11.1 Å². The Balaban J connectivity index is 1.98. The van der Waals surface area contributed by atoms with E-state index < -0.39 is 0 Å². The number of halogens is 2. The van der Waals surface area contributed by atoms with Gasteiger partial charge in [-0.3, -0.25) is 0 Å². The normalized spacial score (nSPS) is 12.3. The molecular formula is C22H19Br2NO. The van der Waals surface area contributed by atoms with Crippen LogP contribution < -0.4 is 9.64 Å². The van der Waals surface area contributed by atoms with Gasteiger partial charge in [-0.05, 0) is 62.0 Å². The summed E-state index contributed by atoms with van der Waals surface area (Å²) >= 11 is 7.49. The fraction of sp³-hybridized carbons (Fsp3) is 0.182. The minimum atomic E-state index is 0.883. The summed E-state index contributed by atoms with van der Waals surface area (Å²) in [5.41, 5.74) is 4.57. The van der Waals surface area contributed by atoms with Crippen molar-refractivity contribution in [1.29, 1.82) is 0 Å². The van der Waals surface area contributed by atoms with E-state index in [2.05, 4.69) is 86.1 Å². The first kappa shape index (κ1) is 17.6. The summed E-state index contributed by atoms with van der Waals surface area (Å²) in [6, 6.07) is 20.8. The zero-order chi connectivity index (χ0) is 18.1. The van der Waals surface area contributed by atoms with Crippen LogP contribution >= 0.6 is 31.9 Å². The van der Waals surface area contributed by atoms with Crippen LogP contribution in [0.5, 0.6) is 11.5 Å². The molecule has 26 heavy (non-hydrogen) atoms. The number of para-hydroxylation sites is 2. The van der Waals surface area contributed by atoms with Gasteiger partial charge in [-0.25, -0.2) is 0 Å². The highest BCUT2D eigenvalue weighted by Crippen LogP contribution is 2.54. The molecule has 3 aromatic rings. The number of nitrogens with zero attached hydrogens (tertiary/aromatic N) is 1. The highest BCUT2D eigenvalue weighted by molar-refractivity contribution is 9.13. The van der Waals surface area contributed by atoms with E-state index in [0.717, 1.165) is 56.8 Å². The van der Waals surface area contributed by atoms with Crippen molar-refractivity contribution >= 4 is 43.2 Å². The SMILES string of the molecule is CCCCN1c2ccccc2Oc2cc(Br)c(Br)c(-c3ccccc3)c21. The summed E-state index contributed by atoms with van der Waals surface area (Å²) in [6.07, 6.45) is 2.27. The molecule has 0 bridgehead atoms. The van der Waals surface area contributed by atoms with E-state index >= 15 is 0 Å². The molecule has 0 saturated heterocycles. The van der Waals surface area contributed by atoms with Crippen molar-refractivity contribution in [2.45, 2.75) is 19.8 Å². The molecule has 1 aliphatic heterocycles. The second kappa shape index (κ2) is 7.45. The molecule has 0 fully saturated rings. The maximum atomic E-state index is 6.29. The zero-order valence-electron chi connectivity index (χ0n) is 14.5. The first-order chi connectivity index (χ1) is 12.7. The third-order valence-corrected chi connectivity index (χ3v) is 6.58. The number of fused-ring (bicyclic) bond motifs is 2. The molecule has 0 spiro atoms. The zero-order valence-corrected chi connectivity index (χ0v) is 17.7. The fourth-order valence-corrected chi connectivity index (χ4v) is 4.30. The lowest BCUT2D eigenvalue weighted by molar-refractivity contribution is 0.472. The number of rotatable bonds is 4. The molecule has 0 amide bonds. The van der Waals surface area contributed by atoms with Crippen LogP contribution in [0.2, 0.25) is 0 Å². The molecule has 4 rings (SSSR count). The molecule has 0 N–H and O–H groups in total. The molecule has 132 valence electrons. The summed E-state index contributed by atoms with van der Waals surface area (Å²) in [6.45, 7) is 3.18. The summed E-state index contributed by atoms with van der Waals surface area (Å²) in [4.78, 5) is 2.40. The molecule has 4 heteroatoms. The van der Waals surface area contributed by atoms with E-state index in [4.69, 9.17) is 4.74 Å². The monoisotopic (exact) mass is 471 g/mol. The number of anilines is 2. The Bertz CT molecular complexity index is 940. The quantitative estimate of drug-likeness (QED) is 0.382. The van der Waals surface area contributed by atoms with E-state index in [-0.39, 0.29) is 0 Å². The molecular weight excluding hydrogens is 454 g/mol. The van der Waals surface area contributed by atoms with Gasteiger partial charge in [0.1, 0.15) is 0 Å². The number of hydrogen-bond acceptors (Lipinski definition) is 2. The Labute approximate surface area is 171 Å². The second-order valence-electron chi connectivity index (χ2n) is 6.34. The summed E-state index contributed by atoms with van der Waals surface area (Å²) in [7, 11) is 0. The van der Waals surface area contributed by atoms with Crippen LogP contribution in [0.15, 0.2) is 69.6 Å². The smallest absolute Gasteiger partial charge is 0.153 e. The fourth-order valence-electron chi connectivity index (χ4n) is 3.36. The lowest BCUT2D eigenvalue weighted by Gasteiger charge is -2.35. The average molecular weight is 473 g/mol. The van der Waals surface area contributed by atoms with Gasteiger partial charge in [0.25, 0.3) is 0 Å². The van der Waals surface area contributed by atoms with Crippen LogP contribution in [-0.2, 0) is 0 Å². The van der Waals surface area contributed by atoms with Crippen molar-refractivity contribution in [2.24, 2.45) is 0 Å². The Morgan fingerprint density at radius 1 is 0.923 bits per heavy atom. The summed E-state index contributed by atoms with van der Waals surface area (Å²) in [5, 5.41) is 0. The standard InChI is InChI=1S/C22H19Br2NO/c1-2-3-13-25-17-11-7-8-12-18(17)26-19-14-16(23)21(24)20(22(19)25)15-9-5-4-6-10-15/h4-12,14H,2-3,13H2,1H3. The van der Waals surface area contributed by atoms with Crippen molar-refractivity contribution < 1.29 is 4.74 Å². The van der Waals surface area contributed by atoms with E-state index in [1.54, 1.807) is 0 Å². The van der Waals surface area contributed by atoms with Crippen molar-refractivity contribution in [3.8, 4) is 22.6 Å².